The summed E-state index contributed by atoms with van der Waals surface area (Å²) < 4.78 is 7.89. The van der Waals surface area contributed by atoms with Gasteiger partial charge in [0, 0.05) is 61.1 Å². The molecule has 61 heavy (non-hydrogen) atoms. The fourth-order valence-electron chi connectivity index (χ4n) is 12.2. The van der Waals surface area contributed by atoms with Crippen LogP contribution in [0.5, 0.6) is 0 Å². The zero-order chi connectivity index (χ0) is 40.3. The fraction of sp³-hybridized carbons (Fsp3) is 0.107. The molecule has 0 unspecified atom stereocenters. The third-order valence-electron chi connectivity index (χ3n) is 14.4. The molecule has 14 rings (SSSR count). The van der Waals surface area contributed by atoms with Crippen LogP contribution < -0.4 is 21.3 Å². The van der Waals surface area contributed by atoms with Gasteiger partial charge in [0.25, 0.3) is 6.71 Å². The maximum Gasteiger partial charge on any atom is 0.252 e. The number of aryl methyl sites for hydroxylation is 1. The van der Waals surface area contributed by atoms with Crippen LogP contribution in [0.15, 0.2) is 176 Å². The van der Waals surface area contributed by atoms with E-state index < -0.39 is 0 Å². The van der Waals surface area contributed by atoms with Crippen LogP contribution in [0.2, 0.25) is 0 Å². The molecule has 0 fully saturated rings. The molecule has 5 heteroatoms. The lowest BCUT2D eigenvalue weighted by atomic mass is 9.34. The highest BCUT2D eigenvalue weighted by atomic mass is 15.2. The molecule has 0 atom stereocenters. The molecule has 0 N–H and O–H groups in total. The van der Waals surface area contributed by atoms with Gasteiger partial charge in [0.15, 0.2) is 0 Å². The Hall–Kier alpha value is -7.24. The molecule has 0 saturated heterocycles. The van der Waals surface area contributed by atoms with E-state index in [9.17, 15) is 0 Å². The highest BCUT2D eigenvalue weighted by Gasteiger charge is 2.47. The molecule has 2 aliphatic carbocycles. The van der Waals surface area contributed by atoms with E-state index in [1.165, 1.54) is 117 Å². The topological polar surface area (TPSA) is 18.0 Å². The van der Waals surface area contributed by atoms with E-state index in [0.717, 1.165) is 18.5 Å². The Balaban J connectivity index is 1.20. The molecule has 4 nitrogen and oxygen atoms in total. The quantitative estimate of drug-likeness (QED) is 0.163. The Morgan fingerprint density at radius 3 is 2.16 bits per heavy atom. The Kier molecular flexibility index (Phi) is 6.46. The minimum atomic E-state index is -0.129. The predicted molar refractivity (Wildman–Crippen MR) is 256 cm³/mol. The first-order valence-corrected chi connectivity index (χ1v) is 21.8. The summed E-state index contributed by atoms with van der Waals surface area (Å²) in [6.07, 6.45) is 8.84. The van der Waals surface area contributed by atoms with Crippen molar-refractivity contribution >= 4 is 78.2 Å². The van der Waals surface area contributed by atoms with Gasteiger partial charge in [-0.2, -0.15) is 0 Å². The van der Waals surface area contributed by atoms with Crippen LogP contribution in [0.1, 0.15) is 43.4 Å². The van der Waals surface area contributed by atoms with Gasteiger partial charge >= 0.3 is 0 Å². The smallest absolute Gasteiger partial charge is 0.252 e. The molecule has 4 aliphatic rings. The normalized spacial score (nSPS) is 15.1. The second kappa shape index (κ2) is 11.7. The summed E-state index contributed by atoms with van der Waals surface area (Å²) in [5, 5.41) is 3.91. The van der Waals surface area contributed by atoms with Crippen LogP contribution >= 0.6 is 0 Å². The molecule has 288 valence electrons. The van der Waals surface area contributed by atoms with Crippen LogP contribution in [0.4, 0.5) is 11.4 Å². The number of benzene rings is 7. The highest BCUT2D eigenvalue weighted by Crippen LogP contribution is 2.55. The Morgan fingerprint density at radius 1 is 0.623 bits per heavy atom. The second-order valence-electron chi connectivity index (χ2n) is 18.0. The van der Waals surface area contributed by atoms with Crippen molar-refractivity contribution in [1.29, 1.82) is 0 Å². The standard InChI is InChI=1S/C56H41BN4/c1-34-32-46-50-47(33-34)61-53-39-25-14-16-29-44(39)59(37-22-11-6-12-23-37)55(53)48-45(58(35-18-7-4-8-19-35)36-20-9-5-10-21-36)31-30-43(54(48)61)57(50)42-28-17-26-40-49-52(60(46)51(40)42)38-24-13-15-27-41(38)56(49,2)3/h4-9,11-20,22-33H,10,21H2,1-3H3. The van der Waals surface area contributed by atoms with E-state index in [4.69, 9.17) is 0 Å². The average molecular weight is 781 g/mol. The highest BCUT2D eigenvalue weighted by molar-refractivity contribution is 7.00. The lowest BCUT2D eigenvalue weighted by Crippen LogP contribution is -2.59. The van der Waals surface area contributed by atoms with Crippen molar-refractivity contribution in [2.24, 2.45) is 0 Å². The molecular weight excluding hydrogens is 739 g/mol. The first-order valence-electron chi connectivity index (χ1n) is 21.8. The summed E-state index contributed by atoms with van der Waals surface area (Å²) in [4.78, 5) is 2.55. The predicted octanol–water partition coefficient (Wildman–Crippen LogP) is 11.8. The van der Waals surface area contributed by atoms with Crippen molar-refractivity contribution in [1.82, 2.24) is 13.7 Å². The second-order valence-corrected chi connectivity index (χ2v) is 18.0. The lowest BCUT2D eigenvalue weighted by Gasteiger charge is -2.35. The number of rotatable bonds is 4. The van der Waals surface area contributed by atoms with Crippen LogP contribution in [-0.2, 0) is 5.41 Å². The molecule has 2 aliphatic heterocycles. The largest absolute Gasteiger partial charge is 0.313 e. The van der Waals surface area contributed by atoms with Crippen LogP contribution in [0.25, 0.3) is 72.1 Å². The molecule has 7 aromatic carbocycles. The van der Waals surface area contributed by atoms with E-state index >= 15 is 0 Å². The average Bonchev–Trinajstić information content (AvgIpc) is 4.01. The number of fused-ring (bicyclic) bond motifs is 14. The molecule has 3 aromatic heterocycles. The summed E-state index contributed by atoms with van der Waals surface area (Å²) in [5.41, 5.74) is 24.6. The van der Waals surface area contributed by atoms with Gasteiger partial charge in [-0.25, -0.2) is 0 Å². The Labute approximate surface area is 355 Å². The van der Waals surface area contributed by atoms with Crippen LogP contribution in [-0.4, -0.2) is 20.4 Å². The molecule has 0 bridgehead atoms. The number of hydrogen-bond donors (Lipinski definition) is 0. The van der Waals surface area contributed by atoms with E-state index in [1.807, 2.05) is 0 Å². The zero-order valence-electron chi connectivity index (χ0n) is 34.4. The maximum absolute atomic E-state index is 2.68. The number of nitrogens with zero attached hydrogens (tertiary/aromatic N) is 4. The van der Waals surface area contributed by atoms with Crippen molar-refractivity contribution in [2.45, 2.75) is 39.0 Å². The first-order chi connectivity index (χ1) is 30.0. The molecule has 0 saturated carbocycles. The van der Waals surface area contributed by atoms with Gasteiger partial charge < -0.3 is 18.6 Å². The Bertz CT molecular complexity index is 3630. The summed E-state index contributed by atoms with van der Waals surface area (Å²) >= 11 is 0. The summed E-state index contributed by atoms with van der Waals surface area (Å²) in [6, 6.07) is 57.2. The summed E-state index contributed by atoms with van der Waals surface area (Å²) in [7, 11) is 0. The van der Waals surface area contributed by atoms with E-state index in [0.29, 0.717) is 0 Å². The Morgan fingerprint density at radius 2 is 1.34 bits per heavy atom. The third-order valence-corrected chi connectivity index (χ3v) is 14.4. The molecule has 5 heterocycles. The van der Waals surface area contributed by atoms with Crippen LogP contribution in [0.3, 0.4) is 0 Å². The SMILES string of the molecule is Cc1cc2c3c(c1)-n1c4c(ccc(N(C5=CC=CCC5)c5ccccc5)c4c4c1c1ccccc1n4-c1ccccc1)B3c1cccc3c4c(n-2c13)-c1ccccc1C4(C)C. The minimum Gasteiger partial charge on any atom is -0.313 e. The number of para-hydroxylation sites is 4. The molecule has 0 radical (unpaired) electrons. The minimum absolute atomic E-state index is 0.0525. The van der Waals surface area contributed by atoms with E-state index in [2.05, 4.69) is 209 Å². The maximum atomic E-state index is 2.68. The van der Waals surface area contributed by atoms with Gasteiger partial charge in [-0.3, -0.25) is 0 Å². The number of anilines is 2. The number of aromatic nitrogens is 3. The van der Waals surface area contributed by atoms with Crippen molar-refractivity contribution in [3.63, 3.8) is 0 Å². The molecule has 0 spiro atoms. The van der Waals surface area contributed by atoms with E-state index in [1.54, 1.807) is 0 Å². The molecule has 10 aromatic rings. The van der Waals surface area contributed by atoms with Gasteiger partial charge in [0.2, 0.25) is 0 Å². The van der Waals surface area contributed by atoms with Crippen molar-refractivity contribution in [3.05, 3.63) is 192 Å². The third kappa shape index (κ3) is 4.12. The zero-order valence-corrected chi connectivity index (χ0v) is 34.4. The van der Waals surface area contributed by atoms with Gasteiger partial charge in [-0.05, 0) is 107 Å². The van der Waals surface area contributed by atoms with Gasteiger partial charge in [0.1, 0.15) is 0 Å². The van der Waals surface area contributed by atoms with Crippen molar-refractivity contribution in [3.8, 4) is 28.3 Å². The molecule has 0 amide bonds. The first kappa shape index (κ1) is 33.6. The monoisotopic (exact) mass is 780 g/mol. The lowest BCUT2D eigenvalue weighted by molar-refractivity contribution is 0.666. The number of hydrogen-bond acceptors (Lipinski definition) is 1. The van der Waals surface area contributed by atoms with Crippen LogP contribution in [0, 0.1) is 6.92 Å². The summed E-state index contributed by atoms with van der Waals surface area (Å²) in [6.45, 7) is 7.19. The van der Waals surface area contributed by atoms with Crippen molar-refractivity contribution in [2.75, 3.05) is 4.90 Å². The fourth-order valence-corrected chi connectivity index (χ4v) is 12.2. The number of allylic oxidation sites excluding steroid dienone is 4. The molecular formula is C56H41BN4. The van der Waals surface area contributed by atoms with Gasteiger partial charge in [-0.15, -0.1) is 0 Å². The van der Waals surface area contributed by atoms with Crippen molar-refractivity contribution < 1.29 is 0 Å². The van der Waals surface area contributed by atoms with Gasteiger partial charge in [0.05, 0.1) is 33.4 Å². The van der Waals surface area contributed by atoms with E-state index in [-0.39, 0.29) is 12.1 Å². The summed E-state index contributed by atoms with van der Waals surface area (Å²) in [5.74, 6) is 0. The van der Waals surface area contributed by atoms with Gasteiger partial charge in [-0.1, -0.05) is 129 Å².